The molecule has 1 aromatic carbocycles. The Hall–Kier alpha value is -2.01. The lowest BCUT2D eigenvalue weighted by Gasteiger charge is -2.13. The number of nitrogens with one attached hydrogen (secondary N) is 2. The average molecular weight is 526 g/mol. The SMILES string of the molecule is CCc1nncn1CCNC(=NCc1ccco1)NCCSc1ccccc1.I. The van der Waals surface area contributed by atoms with Gasteiger partial charge in [0.2, 0.25) is 0 Å². The van der Waals surface area contributed by atoms with E-state index in [1.807, 2.05) is 30.0 Å². The molecule has 0 amide bonds. The summed E-state index contributed by atoms with van der Waals surface area (Å²) in [5.74, 6) is 3.56. The van der Waals surface area contributed by atoms with Gasteiger partial charge in [-0.2, -0.15) is 0 Å². The first-order valence-electron chi connectivity index (χ1n) is 9.44. The minimum Gasteiger partial charge on any atom is -0.467 e. The number of aryl methyl sites for hydroxylation is 1. The van der Waals surface area contributed by atoms with Gasteiger partial charge in [0.25, 0.3) is 0 Å². The molecule has 0 bridgehead atoms. The van der Waals surface area contributed by atoms with Crippen LogP contribution in [0.25, 0.3) is 0 Å². The zero-order valence-corrected chi connectivity index (χ0v) is 19.6. The predicted molar refractivity (Wildman–Crippen MR) is 128 cm³/mol. The number of furan rings is 1. The fourth-order valence-corrected chi connectivity index (χ4v) is 3.41. The van der Waals surface area contributed by atoms with E-state index >= 15 is 0 Å². The summed E-state index contributed by atoms with van der Waals surface area (Å²) in [7, 11) is 0. The molecule has 2 heterocycles. The summed E-state index contributed by atoms with van der Waals surface area (Å²) in [4.78, 5) is 5.89. The van der Waals surface area contributed by atoms with Gasteiger partial charge in [0.05, 0.1) is 6.26 Å². The number of hydrogen-bond acceptors (Lipinski definition) is 5. The molecule has 9 heteroatoms. The summed E-state index contributed by atoms with van der Waals surface area (Å²) in [5, 5.41) is 14.9. The van der Waals surface area contributed by atoms with Crippen LogP contribution < -0.4 is 10.6 Å². The van der Waals surface area contributed by atoms with E-state index in [9.17, 15) is 0 Å². The van der Waals surface area contributed by atoms with E-state index in [2.05, 4.69) is 61.6 Å². The third-order valence-corrected chi connectivity index (χ3v) is 5.05. The Bertz CT molecular complexity index is 838. The van der Waals surface area contributed by atoms with Crippen molar-refractivity contribution >= 4 is 41.7 Å². The van der Waals surface area contributed by atoms with Crippen LogP contribution >= 0.6 is 35.7 Å². The van der Waals surface area contributed by atoms with Crippen molar-refractivity contribution in [1.82, 2.24) is 25.4 Å². The molecule has 0 aliphatic heterocycles. The zero-order chi connectivity index (χ0) is 19.4. The molecule has 0 radical (unpaired) electrons. The van der Waals surface area contributed by atoms with Crippen LogP contribution in [0.1, 0.15) is 18.5 Å². The van der Waals surface area contributed by atoms with Gasteiger partial charge in [0.15, 0.2) is 5.96 Å². The summed E-state index contributed by atoms with van der Waals surface area (Å²) in [5.41, 5.74) is 0. The van der Waals surface area contributed by atoms with Crippen LogP contribution in [0.15, 0.2) is 69.4 Å². The van der Waals surface area contributed by atoms with Crippen LogP contribution in [0.4, 0.5) is 0 Å². The maximum absolute atomic E-state index is 5.37. The molecule has 0 saturated carbocycles. The number of aromatic nitrogens is 3. The lowest BCUT2D eigenvalue weighted by Crippen LogP contribution is -2.40. The molecule has 0 atom stereocenters. The first-order valence-corrected chi connectivity index (χ1v) is 10.4. The molecule has 0 aliphatic rings. The molecule has 3 rings (SSSR count). The summed E-state index contributed by atoms with van der Waals surface area (Å²) in [6.07, 6.45) is 4.30. The number of benzene rings is 1. The molecule has 0 unspecified atom stereocenters. The summed E-state index contributed by atoms with van der Waals surface area (Å²) >= 11 is 1.82. The van der Waals surface area contributed by atoms with E-state index in [0.29, 0.717) is 6.54 Å². The highest BCUT2D eigenvalue weighted by Gasteiger charge is 2.03. The summed E-state index contributed by atoms with van der Waals surface area (Å²) in [6, 6.07) is 14.2. The number of guanidine groups is 1. The first-order chi connectivity index (χ1) is 13.8. The summed E-state index contributed by atoms with van der Waals surface area (Å²) in [6.45, 7) is 4.92. The van der Waals surface area contributed by atoms with Crippen molar-refractivity contribution in [2.75, 3.05) is 18.8 Å². The van der Waals surface area contributed by atoms with E-state index in [4.69, 9.17) is 4.42 Å². The highest BCUT2D eigenvalue weighted by molar-refractivity contribution is 14.0. The maximum atomic E-state index is 5.37. The Morgan fingerprint density at radius 1 is 1.14 bits per heavy atom. The van der Waals surface area contributed by atoms with Crippen molar-refractivity contribution in [3.63, 3.8) is 0 Å². The Morgan fingerprint density at radius 2 is 1.97 bits per heavy atom. The van der Waals surface area contributed by atoms with Gasteiger partial charge in [0, 0.05) is 36.7 Å². The van der Waals surface area contributed by atoms with Gasteiger partial charge >= 0.3 is 0 Å². The van der Waals surface area contributed by atoms with Crippen molar-refractivity contribution in [3.05, 3.63) is 66.6 Å². The van der Waals surface area contributed by atoms with Crippen molar-refractivity contribution in [3.8, 4) is 0 Å². The largest absolute Gasteiger partial charge is 0.467 e. The van der Waals surface area contributed by atoms with Gasteiger partial charge < -0.3 is 19.6 Å². The topological polar surface area (TPSA) is 80.3 Å². The van der Waals surface area contributed by atoms with E-state index in [0.717, 1.165) is 49.4 Å². The second kappa shape index (κ2) is 13.3. The molecule has 7 nitrogen and oxygen atoms in total. The van der Waals surface area contributed by atoms with Gasteiger partial charge in [-0.15, -0.1) is 45.9 Å². The second-order valence-electron chi connectivity index (χ2n) is 6.05. The van der Waals surface area contributed by atoms with Crippen LogP contribution in [-0.2, 0) is 19.5 Å². The Morgan fingerprint density at radius 3 is 2.72 bits per heavy atom. The van der Waals surface area contributed by atoms with Crippen LogP contribution in [0.5, 0.6) is 0 Å². The molecule has 29 heavy (non-hydrogen) atoms. The predicted octanol–water partition coefficient (Wildman–Crippen LogP) is 3.58. The Kier molecular flexibility index (Phi) is 10.6. The number of thioether (sulfide) groups is 1. The lowest BCUT2D eigenvalue weighted by molar-refractivity contribution is 0.511. The van der Waals surface area contributed by atoms with Gasteiger partial charge in [-0.25, -0.2) is 4.99 Å². The normalized spacial score (nSPS) is 11.1. The van der Waals surface area contributed by atoms with Gasteiger partial charge in [-0.05, 0) is 24.3 Å². The number of aliphatic imine (C=N–C) groups is 1. The van der Waals surface area contributed by atoms with Crippen LogP contribution in [0.3, 0.4) is 0 Å². The molecule has 0 saturated heterocycles. The fraction of sp³-hybridized carbons (Fsp3) is 0.350. The van der Waals surface area contributed by atoms with E-state index in [-0.39, 0.29) is 24.0 Å². The van der Waals surface area contributed by atoms with Crippen molar-refractivity contribution in [2.45, 2.75) is 31.3 Å². The molecular formula is C20H27IN6OS. The van der Waals surface area contributed by atoms with Gasteiger partial charge in [0.1, 0.15) is 24.5 Å². The molecular weight excluding hydrogens is 499 g/mol. The minimum absolute atomic E-state index is 0. The van der Waals surface area contributed by atoms with E-state index < -0.39 is 0 Å². The van der Waals surface area contributed by atoms with Crippen LogP contribution in [-0.4, -0.2) is 39.6 Å². The Labute approximate surface area is 192 Å². The minimum atomic E-state index is 0. The smallest absolute Gasteiger partial charge is 0.191 e. The van der Waals surface area contributed by atoms with Crippen molar-refractivity contribution in [2.24, 2.45) is 4.99 Å². The Balaban J connectivity index is 0.00000300. The van der Waals surface area contributed by atoms with Crippen molar-refractivity contribution in [1.29, 1.82) is 0 Å². The first kappa shape index (κ1) is 23.3. The molecule has 0 spiro atoms. The molecule has 156 valence electrons. The van der Waals surface area contributed by atoms with Gasteiger partial charge in [-0.1, -0.05) is 25.1 Å². The quantitative estimate of drug-likeness (QED) is 0.138. The van der Waals surface area contributed by atoms with Gasteiger partial charge in [-0.3, -0.25) is 0 Å². The van der Waals surface area contributed by atoms with Crippen LogP contribution in [0, 0.1) is 0 Å². The standard InChI is InChI=1S/C20H26N6OS.HI/c1-2-19-25-24-16-26(19)12-10-21-20(23-15-17-7-6-13-27-17)22-11-14-28-18-8-4-3-5-9-18;/h3-9,13,16H,2,10-12,14-15H2,1H3,(H2,21,22,23);1H. The maximum Gasteiger partial charge on any atom is 0.191 e. The van der Waals surface area contributed by atoms with Crippen LogP contribution in [0.2, 0.25) is 0 Å². The zero-order valence-electron chi connectivity index (χ0n) is 16.5. The number of hydrogen-bond donors (Lipinski definition) is 2. The number of halogens is 1. The molecule has 0 fully saturated rings. The molecule has 2 N–H and O–H groups in total. The van der Waals surface area contributed by atoms with E-state index in [1.165, 1.54) is 4.90 Å². The highest BCUT2D eigenvalue weighted by atomic mass is 127. The number of rotatable bonds is 10. The monoisotopic (exact) mass is 526 g/mol. The van der Waals surface area contributed by atoms with Crippen molar-refractivity contribution < 1.29 is 4.42 Å². The third kappa shape index (κ3) is 8.09. The highest BCUT2D eigenvalue weighted by Crippen LogP contribution is 2.15. The molecule has 0 aliphatic carbocycles. The summed E-state index contributed by atoms with van der Waals surface area (Å²) < 4.78 is 7.43. The molecule has 3 aromatic rings. The third-order valence-electron chi connectivity index (χ3n) is 4.04. The van der Waals surface area contributed by atoms with E-state index in [1.54, 1.807) is 12.6 Å². The lowest BCUT2D eigenvalue weighted by atomic mass is 10.4. The average Bonchev–Trinajstić information content (AvgIpc) is 3.41. The second-order valence-corrected chi connectivity index (χ2v) is 7.22. The fourth-order valence-electron chi connectivity index (χ4n) is 2.62. The number of nitrogens with zero attached hydrogens (tertiary/aromatic N) is 4. The molecule has 2 aromatic heterocycles.